The Hall–Kier alpha value is -2.82. The molecule has 2 saturated heterocycles. The van der Waals surface area contributed by atoms with E-state index in [1.165, 1.54) is 74.8 Å². The molecule has 0 unspecified atom stereocenters. The molecule has 4 bridgehead atoms. The van der Waals surface area contributed by atoms with Crippen molar-refractivity contribution in [3.05, 3.63) is 89.5 Å². The Morgan fingerprint density at radius 3 is 2.46 bits per heavy atom. The summed E-state index contributed by atoms with van der Waals surface area (Å²) in [4.78, 5) is 5.85. The van der Waals surface area contributed by atoms with Gasteiger partial charge in [-0.05, 0) is 104 Å². The summed E-state index contributed by atoms with van der Waals surface area (Å²) in [6.45, 7) is 4.88. The number of hydrogen-bond donors (Lipinski definition) is 0. The number of likely N-dealkylation sites (tertiary alicyclic amines) is 2. The maximum Gasteiger partial charge on any atom is 0.173 e. The highest BCUT2D eigenvalue weighted by Crippen LogP contribution is 2.77. The third-order valence-electron chi connectivity index (χ3n) is 12.4. The van der Waals surface area contributed by atoms with E-state index >= 15 is 0 Å². The van der Waals surface area contributed by atoms with Crippen LogP contribution in [-0.4, -0.2) is 48.6 Å². The van der Waals surface area contributed by atoms with Gasteiger partial charge in [0.2, 0.25) is 0 Å². The molecular weight excluding hydrogens is 504 g/mol. The van der Waals surface area contributed by atoms with Crippen LogP contribution in [0.4, 0.5) is 0 Å². The number of benzene rings is 3. The lowest BCUT2D eigenvalue weighted by atomic mass is 9.43. The van der Waals surface area contributed by atoms with E-state index in [1.54, 1.807) is 0 Å². The maximum atomic E-state index is 6.92. The highest BCUT2D eigenvalue weighted by Gasteiger charge is 2.76. The van der Waals surface area contributed by atoms with Gasteiger partial charge in [0.15, 0.2) is 11.5 Å². The number of methoxy groups -OCH3 is 1. The van der Waals surface area contributed by atoms with Crippen molar-refractivity contribution in [1.82, 2.24) is 9.80 Å². The molecule has 2 aliphatic heterocycles. The quantitative estimate of drug-likeness (QED) is 0.317. The van der Waals surface area contributed by atoms with Crippen molar-refractivity contribution in [2.75, 3.05) is 26.7 Å². The first-order chi connectivity index (χ1) is 20.2. The average Bonchev–Trinajstić information content (AvgIpc) is 3.71. The molecule has 0 radical (unpaired) electrons. The predicted molar refractivity (Wildman–Crippen MR) is 161 cm³/mol. The Labute approximate surface area is 244 Å². The van der Waals surface area contributed by atoms with E-state index in [4.69, 9.17) is 9.47 Å². The van der Waals surface area contributed by atoms with Crippen molar-refractivity contribution < 1.29 is 9.47 Å². The number of para-hydroxylation sites is 1. The third kappa shape index (κ3) is 3.47. The largest absolute Gasteiger partial charge is 0.493 e. The zero-order valence-electron chi connectivity index (χ0n) is 24.3. The molecule has 9 rings (SSSR count). The van der Waals surface area contributed by atoms with Gasteiger partial charge in [0.05, 0.1) is 7.11 Å². The predicted octanol–water partition coefficient (Wildman–Crippen LogP) is 7.07. The van der Waals surface area contributed by atoms with E-state index in [-0.39, 0.29) is 5.41 Å². The van der Waals surface area contributed by atoms with Gasteiger partial charge in [-0.1, -0.05) is 54.6 Å². The molecule has 3 aromatic rings. The van der Waals surface area contributed by atoms with Gasteiger partial charge in [0, 0.05) is 42.7 Å². The minimum Gasteiger partial charge on any atom is -0.493 e. The van der Waals surface area contributed by atoms with Crippen molar-refractivity contribution in [3.8, 4) is 17.2 Å². The molecule has 0 spiro atoms. The normalized spacial score (nSPS) is 35.1. The average molecular weight is 547 g/mol. The van der Waals surface area contributed by atoms with Crippen LogP contribution in [0.1, 0.15) is 55.2 Å². The number of piperidine rings is 1. The Morgan fingerprint density at radius 2 is 1.68 bits per heavy atom. The number of rotatable bonds is 7. The van der Waals surface area contributed by atoms with E-state index in [9.17, 15) is 0 Å². The Kier molecular flexibility index (Phi) is 5.49. The van der Waals surface area contributed by atoms with Crippen molar-refractivity contribution in [1.29, 1.82) is 0 Å². The van der Waals surface area contributed by atoms with E-state index in [0.717, 1.165) is 42.0 Å². The van der Waals surface area contributed by atoms with Crippen molar-refractivity contribution >= 4 is 0 Å². The van der Waals surface area contributed by atoms with Crippen LogP contribution in [0.3, 0.4) is 0 Å². The van der Waals surface area contributed by atoms with E-state index in [1.807, 2.05) is 7.11 Å². The molecule has 6 aliphatic rings. The number of nitrogens with zero attached hydrogens (tertiary/aromatic N) is 2. The van der Waals surface area contributed by atoms with E-state index < -0.39 is 0 Å². The molecular formula is C37H42N2O2. The molecule has 4 aliphatic carbocycles. The van der Waals surface area contributed by atoms with Crippen molar-refractivity contribution in [2.45, 2.75) is 69.0 Å². The lowest BCUT2D eigenvalue weighted by Crippen LogP contribution is -2.69. The van der Waals surface area contributed by atoms with Gasteiger partial charge >= 0.3 is 0 Å². The van der Waals surface area contributed by atoms with Crippen LogP contribution >= 0.6 is 0 Å². The fraction of sp³-hybridized carbons (Fsp3) is 0.514. The second-order valence-electron chi connectivity index (χ2n) is 14.1. The monoisotopic (exact) mass is 546 g/mol. The molecule has 2 heterocycles. The van der Waals surface area contributed by atoms with Gasteiger partial charge in [0.25, 0.3) is 0 Å². The summed E-state index contributed by atoms with van der Waals surface area (Å²) in [6.07, 6.45) is 9.38. The molecule has 5 fully saturated rings. The highest BCUT2D eigenvalue weighted by atomic mass is 16.5. The molecule has 4 nitrogen and oxygen atoms in total. The lowest BCUT2D eigenvalue weighted by molar-refractivity contribution is -0.106. The van der Waals surface area contributed by atoms with Crippen molar-refractivity contribution in [2.24, 2.45) is 23.2 Å². The van der Waals surface area contributed by atoms with Gasteiger partial charge in [-0.25, -0.2) is 0 Å². The first-order valence-electron chi connectivity index (χ1n) is 16.2. The smallest absolute Gasteiger partial charge is 0.173 e. The third-order valence-corrected chi connectivity index (χ3v) is 12.4. The molecule has 4 heteroatoms. The van der Waals surface area contributed by atoms with Crippen LogP contribution in [0.5, 0.6) is 17.2 Å². The second-order valence-corrected chi connectivity index (χ2v) is 14.1. The fourth-order valence-electron chi connectivity index (χ4n) is 11.0. The SMILES string of the molecule is COc1ccc2c(c1Oc1ccccc1)[C@]13CCN(CC4CC4)[C@H](C2)[C@]12CC[C@@H]1[C@H]3[C@@H](CN1Cc1ccccc1)C2. The highest BCUT2D eigenvalue weighted by molar-refractivity contribution is 5.61. The zero-order chi connectivity index (χ0) is 27.2. The van der Waals surface area contributed by atoms with Crippen LogP contribution in [0.2, 0.25) is 0 Å². The minimum absolute atomic E-state index is 0.156. The topological polar surface area (TPSA) is 24.9 Å². The van der Waals surface area contributed by atoms with Crippen molar-refractivity contribution in [3.63, 3.8) is 0 Å². The molecule has 0 amide bonds. The summed E-state index contributed by atoms with van der Waals surface area (Å²) < 4.78 is 13.0. The van der Waals surface area contributed by atoms with Crippen LogP contribution in [0.15, 0.2) is 72.8 Å². The summed E-state index contributed by atoms with van der Waals surface area (Å²) in [5.74, 6) is 5.21. The summed E-state index contributed by atoms with van der Waals surface area (Å²) in [6, 6.07) is 27.5. The first kappa shape index (κ1) is 24.7. The molecule has 3 aromatic carbocycles. The zero-order valence-corrected chi connectivity index (χ0v) is 24.3. The number of ether oxygens (including phenoxy) is 2. The molecule has 0 N–H and O–H groups in total. The van der Waals surface area contributed by atoms with E-state index in [2.05, 4.69) is 82.6 Å². The van der Waals surface area contributed by atoms with Gasteiger partial charge in [0.1, 0.15) is 5.75 Å². The van der Waals surface area contributed by atoms with Gasteiger partial charge < -0.3 is 9.47 Å². The molecule has 0 aromatic heterocycles. The Morgan fingerprint density at radius 1 is 0.878 bits per heavy atom. The van der Waals surface area contributed by atoms with Crippen LogP contribution in [0, 0.1) is 23.2 Å². The molecule has 212 valence electrons. The first-order valence-corrected chi connectivity index (χ1v) is 16.2. The summed E-state index contributed by atoms with van der Waals surface area (Å²) in [7, 11) is 1.82. The van der Waals surface area contributed by atoms with E-state index in [0.29, 0.717) is 23.4 Å². The molecule has 3 saturated carbocycles. The number of hydrogen-bond acceptors (Lipinski definition) is 4. The van der Waals surface area contributed by atoms with Gasteiger partial charge in [-0.3, -0.25) is 9.80 Å². The van der Waals surface area contributed by atoms with Gasteiger partial charge in [-0.2, -0.15) is 0 Å². The lowest BCUT2D eigenvalue weighted by Gasteiger charge is -2.66. The maximum absolute atomic E-state index is 6.92. The second kappa shape index (κ2) is 9.09. The fourth-order valence-corrected chi connectivity index (χ4v) is 11.0. The minimum atomic E-state index is 0.156. The Bertz CT molecular complexity index is 1450. The van der Waals surface area contributed by atoms with Gasteiger partial charge in [-0.15, -0.1) is 0 Å². The molecule has 6 atom stereocenters. The standard InChI is InChI=1S/C37H42N2O2/c1-40-31-15-14-27-20-32-36-17-16-30-33(28(21-36)24-39(30)23-25-8-4-2-5-9-25)37(36,18-19-38(32)22-26-12-13-26)34(27)35(31)41-29-10-6-3-7-11-29/h2-11,14-15,26,28,30,32-33H,12-13,16-24H2,1H3/t28-,30-,32-,33-,36-,37-/m1/s1. The number of fused-ring (bicyclic) bond motifs is 1. The summed E-state index contributed by atoms with van der Waals surface area (Å²) in [5.41, 5.74) is 5.02. The summed E-state index contributed by atoms with van der Waals surface area (Å²) in [5, 5.41) is 0. The summed E-state index contributed by atoms with van der Waals surface area (Å²) >= 11 is 0. The van der Waals surface area contributed by atoms with Crippen LogP contribution in [-0.2, 0) is 18.4 Å². The van der Waals surface area contributed by atoms with Crippen LogP contribution in [0.25, 0.3) is 0 Å². The van der Waals surface area contributed by atoms with Crippen LogP contribution < -0.4 is 9.47 Å². The Balaban J connectivity index is 1.20. The molecule has 41 heavy (non-hydrogen) atoms.